The lowest BCUT2D eigenvalue weighted by Gasteiger charge is -1.68. The van der Waals surface area contributed by atoms with E-state index in [-0.39, 0.29) is 0 Å². The Bertz CT molecular complexity index is 17.2. The molecule has 0 heterocycles. The fourth-order valence-electron chi connectivity index (χ4n) is 0. The lowest BCUT2D eigenvalue weighted by atomic mass is 10.4. The molecule has 0 aromatic heterocycles. The molecule has 1 nitrogen and oxygen atoms in total. The Morgan fingerprint density at radius 3 is 1.29 bits per heavy atom. The minimum Gasteiger partial charge on any atom is -0.230 e. The van der Waals surface area contributed by atoms with Crippen LogP contribution in [0.15, 0.2) is 0 Å². The zero-order chi connectivity index (χ0) is 6.12. The van der Waals surface area contributed by atoms with E-state index in [1.54, 1.807) is 0 Å². The van der Waals surface area contributed by atoms with Crippen LogP contribution in [0, 0.1) is 0 Å². The summed E-state index contributed by atoms with van der Waals surface area (Å²) >= 11 is 5.12. The molecule has 0 spiro atoms. The maximum atomic E-state index is 3.88. The summed E-state index contributed by atoms with van der Waals surface area (Å²) in [5.74, 6) is 0. The van der Waals surface area contributed by atoms with Crippen molar-refractivity contribution in [3.63, 3.8) is 0 Å². The van der Waals surface area contributed by atoms with Crippen LogP contribution < -0.4 is 0 Å². The quantitative estimate of drug-likeness (QED) is 0.675. The summed E-state index contributed by atoms with van der Waals surface area (Å²) in [5.41, 5.74) is 0. The molecule has 0 aliphatic rings. The lowest BCUT2D eigenvalue weighted by Crippen LogP contribution is -1.47. The van der Waals surface area contributed by atoms with Crippen LogP contribution in [-0.4, -0.2) is 0 Å². The number of rotatable bonds is 1. The molecular formula is C4H10Br2O. The first-order valence-corrected chi connectivity index (χ1v) is 3.52. The molecule has 0 unspecified atom stereocenters. The van der Waals surface area contributed by atoms with Crippen molar-refractivity contribution in [2.24, 2.45) is 0 Å². The maximum absolute atomic E-state index is 3.88. The van der Waals surface area contributed by atoms with E-state index in [0.29, 0.717) is 0 Å². The second-order valence-corrected chi connectivity index (χ2v) is 2.57. The van der Waals surface area contributed by atoms with E-state index < -0.39 is 0 Å². The second-order valence-electron chi connectivity index (χ2n) is 1.06. The van der Waals surface area contributed by atoms with Crippen LogP contribution in [0.3, 0.4) is 0 Å². The van der Waals surface area contributed by atoms with E-state index in [2.05, 4.69) is 49.3 Å². The average Bonchev–Trinajstić information content (AvgIpc) is 1.69. The van der Waals surface area contributed by atoms with Crippen molar-refractivity contribution >= 4 is 32.5 Å². The fraction of sp³-hybridized carbons (Fsp3) is 1.00. The highest BCUT2D eigenvalue weighted by Gasteiger charge is 1.56. The molecule has 0 aromatic rings. The minimum atomic E-state index is 1.32. The molecular weight excluding hydrogens is 224 g/mol. The summed E-state index contributed by atoms with van der Waals surface area (Å²) in [4.78, 5) is 0. The van der Waals surface area contributed by atoms with E-state index in [4.69, 9.17) is 0 Å². The fourth-order valence-corrected chi connectivity index (χ4v) is 0. The van der Waals surface area contributed by atoms with Crippen LogP contribution >= 0.6 is 32.5 Å². The predicted octanol–water partition coefficient (Wildman–Crippen LogP) is 3.43. The Hall–Kier alpha value is 0.920. The molecule has 0 N–H and O–H groups in total. The van der Waals surface area contributed by atoms with Crippen molar-refractivity contribution in [3.8, 4) is 0 Å². The molecule has 0 bridgehead atoms. The first kappa shape index (κ1) is 10.8. The number of hydrogen-bond acceptors (Lipinski definition) is 1. The normalized spacial score (nSPS) is 6.86. The first-order chi connectivity index (χ1) is 3.33. The second kappa shape index (κ2) is 15.8. The Kier molecular flexibility index (Phi) is 24.4. The Morgan fingerprint density at radius 1 is 1.14 bits per heavy atom. The van der Waals surface area contributed by atoms with Gasteiger partial charge in [-0.05, 0) is 0 Å². The number of hydrogen-bond donors (Lipinski definition) is 0. The summed E-state index contributed by atoms with van der Waals surface area (Å²) < 4.78 is 3.88. The standard InChI is InChI=1S/C4H10.Br2O/c1-3-4-2;1-3-2/h3-4H2,1-2H3;. The van der Waals surface area contributed by atoms with Gasteiger partial charge in [0.05, 0.1) is 0 Å². The molecule has 0 atom stereocenters. The van der Waals surface area contributed by atoms with Crippen molar-refractivity contribution in [2.45, 2.75) is 26.7 Å². The predicted molar refractivity (Wildman–Crippen MR) is 39.5 cm³/mol. The third-order valence-corrected chi connectivity index (χ3v) is 0.500. The Labute approximate surface area is 62.3 Å². The molecule has 0 rings (SSSR count). The summed E-state index contributed by atoms with van der Waals surface area (Å²) in [7, 11) is 0. The van der Waals surface area contributed by atoms with Gasteiger partial charge in [-0.3, -0.25) is 0 Å². The molecule has 0 saturated carbocycles. The van der Waals surface area contributed by atoms with Crippen LogP contribution in [0.25, 0.3) is 0 Å². The molecule has 7 heavy (non-hydrogen) atoms. The van der Waals surface area contributed by atoms with Gasteiger partial charge in [0.25, 0.3) is 0 Å². The van der Waals surface area contributed by atoms with E-state index >= 15 is 0 Å². The van der Waals surface area contributed by atoms with E-state index in [1.807, 2.05) is 0 Å². The highest BCUT2D eigenvalue weighted by atomic mass is 79.9. The summed E-state index contributed by atoms with van der Waals surface area (Å²) in [5, 5.41) is 0. The summed E-state index contributed by atoms with van der Waals surface area (Å²) in [6.45, 7) is 4.36. The molecule has 46 valence electrons. The molecule has 0 aliphatic carbocycles. The molecule has 0 aromatic carbocycles. The number of halogens is 2. The van der Waals surface area contributed by atoms with Gasteiger partial charge in [0, 0.05) is 0 Å². The molecule has 3 heteroatoms. The van der Waals surface area contributed by atoms with Gasteiger partial charge < -0.3 is 0 Å². The maximum Gasteiger partial charge on any atom is 0.115 e. The largest absolute Gasteiger partial charge is 0.230 e. The topological polar surface area (TPSA) is 9.23 Å². The van der Waals surface area contributed by atoms with Crippen LogP contribution in [0.1, 0.15) is 26.7 Å². The van der Waals surface area contributed by atoms with E-state index in [0.717, 1.165) is 0 Å². The lowest BCUT2D eigenvalue weighted by molar-refractivity contribution is 0.838. The molecule has 0 radical (unpaired) electrons. The summed E-state index contributed by atoms with van der Waals surface area (Å²) in [6, 6.07) is 0. The van der Waals surface area contributed by atoms with Crippen molar-refractivity contribution in [3.05, 3.63) is 0 Å². The first-order valence-electron chi connectivity index (χ1n) is 2.22. The van der Waals surface area contributed by atoms with Gasteiger partial charge in [0.1, 0.15) is 32.5 Å². The summed E-state index contributed by atoms with van der Waals surface area (Å²) in [6.07, 6.45) is 2.64. The van der Waals surface area contributed by atoms with E-state index in [1.165, 1.54) is 12.8 Å². The van der Waals surface area contributed by atoms with Crippen LogP contribution in [0.5, 0.6) is 0 Å². The minimum absolute atomic E-state index is 1.32. The highest BCUT2D eigenvalue weighted by Crippen LogP contribution is 1.88. The van der Waals surface area contributed by atoms with Gasteiger partial charge in [0.15, 0.2) is 0 Å². The highest BCUT2D eigenvalue weighted by molar-refractivity contribution is 9.18. The molecule has 0 fully saturated rings. The van der Waals surface area contributed by atoms with Crippen molar-refractivity contribution < 1.29 is 2.92 Å². The monoisotopic (exact) mass is 232 g/mol. The smallest absolute Gasteiger partial charge is 0.115 e. The third-order valence-electron chi connectivity index (χ3n) is 0.500. The van der Waals surface area contributed by atoms with Crippen molar-refractivity contribution in [1.29, 1.82) is 0 Å². The van der Waals surface area contributed by atoms with Gasteiger partial charge in [0.2, 0.25) is 0 Å². The van der Waals surface area contributed by atoms with Crippen LogP contribution in [0.2, 0.25) is 0 Å². The van der Waals surface area contributed by atoms with Crippen molar-refractivity contribution in [2.75, 3.05) is 0 Å². The van der Waals surface area contributed by atoms with Gasteiger partial charge in [-0.1, -0.05) is 26.7 Å². The third kappa shape index (κ3) is 45.4. The van der Waals surface area contributed by atoms with Gasteiger partial charge >= 0.3 is 0 Å². The van der Waals surface area contributed by atoms with Crippen molar-refractivity contribution in [1.82, 2.24) is 0 Å². The van der Waals surface area contributed by atoms with Gasteiger partial charge in [-0.2, -0.15) is 0 Å². The number of unbranched alkanes of at least 4 members (excludes halogenated alkanes) is 1. The van der Waals surface area contributed by atoms with Gasteiger partial charge in [-0.15, -0.1) is 0 Å². The zero-order valence-corrected chi connectivity index (χ0v) is 7.75. The Morgan fingerprint density at radius 2 is 1.29 bits per heavy atom. The van der Waals surface area contributed by atoms with Crippen LogP contribution in [-0.2, 0) is 2.92 Å². The molecule has 0 amide bonds. The van der Waals surface area contributed by atoms with E-state index in [9.17, 15) is 0 Å². The Balaban J connectivity index is 0. The zero-order valence-electron chi connectivity index (χ0n) is 4.58. The van der Waals surface area contributed by atoms with Gasteiger partial charge in [-0.25, -0.2) is 2.92 Å². The molecule has 0 aliphatic heterocycles. The molecule has 0 saturated heterocycles. The average molecular weight is 234 g/mol. The SMILES string of the molecule is BrOBr.CCCC. The van der Waals surface area contributed by atoms with Crippen LogP contribution in [0.4, 0.5) is 0 Å².